The van der Waals surface area contributed by atoms with Crippen LogP contribution >= 0.6 is 11.3 Å². The maximum absolute atomic E-state index is 14.3. The number of nitrogen functional groups attached to an aromatic ring is 1. The number of nitrogens with one attached hydrogen (secondary N) is 3. The van der Waals surface area contributed by atoms with Crippen molar-refractivity contribution in [2.24, 2.45) is 0 Å². The highest BCUT2D eigenvalue weighted by molar-refractivity contribution is 7.22. The van der Waals surface area contributed by atoms with Gasteiger partial charge in [0, 0.05) is 26.1 Å². The maximum Gasteiger partial charge on any atom is 0.333 e. The molecule has 0 radical (unpaired) electrons. The van der Waals surface area contributed by atoms with E-state index in [4.69, 9.17) is 5.73 Å². The lowest BCUT2D eigenvalue weighted by Crippen LogP contribution is -2.66. The lowest BCUT2D eigenvalue weighted by molar-refractivity contribution is -0.157. The van der Waals surface area contributed by atoms with E-state index in [1.54, 1.807) is 14.8 Å². The highest BCUT2D eigenvalue weighted by Crippen LogP contribution is 2.33. The minimum absolute atomic E-state index is 0.140. The van der Waals surface area contributed by atoms with Crippen LogP contribution in [0.2, 0.25) is 0 Å². The minimum atomic E-state index is -0.812. The molecule has 2 atom stereocenters. The van der Waals surface area contributed by atoms with E-state index in [0.717, 1.165) is 38.2 Å². The molecular formula is C32H32N10O3S. The van der Waals surface area contributed by atoms with Gasteiger partial charge in [-0.25, -0.2) is 20.2 Å². The number of hydrogen-bond donors (Lipinski definition) is 4. The van der Waals surface area contributed by atoms with E-state index in [2.05, 4.69) is 27.2 Å². The minimum Gasteiger partial charge on any atom is -0.375 e. The number of anilines is 2. The summed E-state index contributed by atoms with van der Waals surface area (Å²) in [5.41, 5.74) is 17.7. The monoisotopic (exact) mass is 636 g/mol. The Morgan fingerprint density at radius 2 is 1.98 bits per heavy atom. The number of hydrazine groups is 2. The van der Waals surface area contributed by atoms with Crippen LogP contribution in [0.3, 0.4) is 0 Å². The van der Waals surface area contributed by atoms with Crippen LogP contribution in [0.15, 0.2) is 66.7 Å². The Labute approximate surface area is 269 Å². The summed E-state index contributed by atoms with van der Waals surface area (Å²) in [5, 5.41) is 15.9. The van der Waals surface area contributed by atoms with Crippen LogP contribution in [-0.4, -0.2) is 74.5 Å². The number of thiazole rings is 1. The number of carbonyl (C=O) groups is 3. The zero-order valence-electron chi connectivity index (χ0n) is 24.8. The number of piperazine rings is 1. The number of hydrogen-bond acceptors (Lipinski definition) is 10. The van der Waals surface area contributed by atoms with Gasteiger partial charge in [-0.05, 0) is 34.4 Å². The van der Waals surface area contributed by atoms with Gasteiger partial charge < -0.3 is 26.3 Å². The van der Waals surface area contributed by atoms with E-state index in [1.165, 1.54) is 16.3 Å². The second-order valence-corrected chi connectivity index (χ2v) is 12.5. The average Bonchev–Trinajstić information content (AvgIpc) is 3.77. The molecule has 5 N–H and O–H groups in total. The quantitative estimate of drug-likeness (QED) is 0.213. The molecule has 2 saturated heterocycles. The molecule has 0 spiro atoms. The molecule has 14 heteroatoms. The Bertz CT molecular complexity index is 1860. The predicted octanol–water partition coefficient (Wildman–Crippen LogP) is 2.38. The highest BCUT2D eigenvalue weighted by Gasteiger charge is 2.52. The van der Waals surface area contributed by atoms with Crippen LogP contribution in [-0.2, 0) is 35.6 Å². The number of carbonyl (C=O) groups excluding carboxylic acids is 3. The molecule has 4 heterocycles. The first kappa shape index (κ1) is 29.5. The van der Waals surface area contributed by atoms with E-state index in [1.807, 2.05) is 66.7 Å². The standard InChI is InChI=1S/C32H32N10O3S/c33-11-12-40(32(45)35-15-20-5-2-1-3-6-20)41-19-28(43)42-25(14-21-9-10-24-23(13-21)16-36-38-24)30(44)39(18-27(41)42)17-22-7-4-8-26-29(22)37-31(34)46-26/h1-10,13,25,27,36,38H,12,14-19H2,(H2,34,37)(H,35,45)/t25-,27+/m0/s1. The number of benzene rings is 3. The molecule has 234 valence electrons. The van der Waals surface area contributed by atoms with Crippen LogP contribution < -0.4 is 21.9 Å². The van der Waals surface area contributed by atoms with Crippen molar-refractivity contribution in [2.45, 2.75) is 38.3 Å². The first-order chi connectivity index (χ1) is 22.4. The summed E-state index contributed by atoms with van der Waals surface area (Å²) in [6.07, 6.45) is -0.367. The maximum atomic E-state index is 14.3. The molecule has 0 saturated carbocycles. The third-order valence-electron chi connectivity index (χ3n) is 8.60. The van der Waals surface area contributed by atoms with Gasteiger partial charge in [0.25, 0.3) is 0 Å². The molecule has 4 amide bonds. The van der Waals surface area contributed by atoms with Gasteiger partial charge in [0.05, 0.1) is 35.1 Å². The normalized spacial score (nSPS) is 19.1. The molecule has 1 aromatic heterocycles. The lowest BCUT2D eigenvalue weighted by atomic mass is 9.98. The molecule has 0 unspecified atom stereocenters. The van der Waals surface area contributed by atoms with Gasteiger partial charge >= 0.3 is 6.03 Å². The molecule has 46 heavy (non-hydrogen) atoms. The number of nitrogens with two attached hydrogens (primary N) is 1. The molecule has 2 fully saturated rings. The number of nitrogens with zero attached hydrogens (tertiary/aromatic N) is 6. The van der Waals surface area contributed by atoms with Crippen molar-refractivity contribution >= 4 is 50.2 Å². The third kappa shape index (κ3) is 5.56. The fourth-order valence-electron chi connectivity index (χ4n) is 6.46. The fraction of sp³-hybridized carbons (Fsp3) is 0.281. The summed E-state index contributed by atoms with van der Waals surface area (Å²) in [4.78, 5) is 49.4. The van der Waals surface area contributed by atoms with Gasteiger partial charge in [-0.2, -0.15) is 10.3 Å². The Morgan fingerprint density at radius 1 is 1.13 bits per heavy atom. The topological polar surface area (TPSA) is 163 Å². The largest absolute Gasteiger partial charge is 0.375 e. The molecule has 3 aliphatic heterocycles. The first-order valence-electron chi connectivity index (χ1n) is 15.0. The average molecular weight is 637 g/mol. The summed E-state index contributed by atoms with van der Waals surface area (Å²) >= 11 is 1.38. The van der Waals surface area contributed by atoms with Crippen molar-refractivity contribution in [1.29, 1.82) is 5.26 Å². The number of aromatic nitrogens is 1. The molecule has 0 aliphatic carbocycles. The van der Waals surface area contributed by atoms with Gasteiger partial charge in [0.1, 0.15) is 18.8 Å². The molecule has 4 aromatic rings. The van der Waals surface area contributed by atoms with Crippen molar-refractivity contribution < 1.29 is 14.4 Å². The smallest absolute Gasteiger partial charge is 0.333 e. The second-order valence-electron chi connectivity index (χ2n) is 11.5. The molecular weight excluding hydrogens is 604 g/mol. The first-order valence-corrected chi connectivity index (χ1v) is 15.8. The second kappa shape index (κ2) is 12.3. The fourth-order valence-corrected chi connectivity index (χ4v) is 7.24. The van der Waals surface area contributed by atoms with Crippen LogP contribution in [0.4, 0.5) is 15.6 Å². The highest BCUT2D eigenvalue weighted by atomic mass is 32.1. The summed E-state index contributed by atoms with van der Waals surface area (Å²) < 4.78 is 0.922. The van der Waals surface area contributed by atoms with E-state index >= 15 is 0 Å². The van der Waals surface area contributed by atoms with Crippen molar-refractivity contribution in [3.05, 3.63) is 89.0 Å². The number of urea groups is 1. The number of nitriles is 1. The number of amides is 4. The van der Waals surface area contributed by atoms with Gasteiger partial charge in [0.15, 0.2) is 5.13 Å². The summed E-state index contributed by atoms with van der Waals surface area (Å²) in [7, 11) is 0. The SMILES string of the molecule is N#CCN(C(=O)NCc1ccccc1)N1CC(=O)N2[C@@H](Cc3ccc4c(c3)CNN4)C(=O)N(Cc3cccc4sc(N)nc34)C[C@@H]21. The van der Waals surface area contributed by atoms with E-state index in [-0.39, 0.29) is 44.5 Å². The van der Waals surface area contributed by atoms with Crippen LogP contribution in [0.1, 0.15) is 22.3 Å². The van der Waals surface area contributed by atoms with Gasteiger partial charge in [0.2, 0.25) is 11.8 Å². The Hall–Kier alpha value is -5.23. The molecule has 3 aromatic carbocycles. The van der Waals surface area contributed by atoms with Crippen molar-refractivity contribution in [1.82, 2.24) is 35.5 Å². The number of para-hydroxylation sites is 1. The molecule has 0 bridgehead atoms. The predicted molar refractivity (Wildman–Crippen MR) is 172 cm³/mol. The Balaban J connectivity index is 1.21. The van der Waals surface area contributed by atoms with Gasteiger partial charge in [-0.1, -0.05) is 65.9 Å². The van der Waals surface area contributed by atoms with Gasteiger partial charge in [-0.3, -0.25) is 9.59 Å². The Morgan fingerprint density at radius 3 is 2.80 bits per heavy atom. The third-order valence-corrected chi connectivity index (χ3v) is 9.45. The number of rotatable bonds is 8. The van der Waals surface area contributed by atoms with Crippen molar-refractivity contribution in [3.63, 3.8) is 0 Å². The summed E-state index contributed by atoms with van der Waals surface area (Å²) in [6, 6.07) is 22.0. The van der Waals surface area contributed by atoms with Crippen LogP contribution in [0.25, 0.3) is 10.2 Å². The Kier molecular flexibility index (Phi) is 7.87. The van der Waals surface area contributed by atoms with Crippen molar-refractivity contribution in [3.8, 4) is 6.07 Å². The number of fused-ring (bicyclic) bond motifs is 3. The zero-order valence-corrected chi connectivity index (χ0v) is 25.7. The zero-order chi connectivity index (χ0) is 31.8. The van der Waals surface area contributed by atoms with E-state index < -0.39 is 18.2 Å². The molecule has 13 nitrogen and oxygen atoms in total. The van der Waals surface area contributed by atoms with Gasteiger partial charge in [-0.15, -0.1) is 0 Å². The van der Waals surface area contributed by atoms with Crippen molar-refractivity contribution in [2.75, 3.05) is 30.8 Å². The van der Waals surface area contributed by atoms with E-state index in [0.29, 0.717) is 18.1 Å². The van der Waals surface area contributed by atoms with Crippen LogP contribution in [0.5, 0.6) is 0 Å². The van der Waals surface area contributed by atoms with Crippen LogP contribution in [0, 0.1) is 11.3 Å². The van der Waals surface area contributed by atoms with E-state index in [9.17, 15) is 19.6 Å². The summed E-state index contributed by atoms with van der Waals surface area (Å²) in [5.74, 6) is -0.468. The molecule has 3 aliphatic rings. The molecule has 7 rings (SSSR count). The summed E-state index contributed by atoms with van der Waals surface area (Å²) in [6.45, 7) is 0.891. The lowest BCUT2D eigenvalue weighted by Gasteiger charge is -2.46.